The minimum atomic E-state index is -0.881. The number of ether oxygens (including phenoxy) is 1. The number of amides is 3. The Kier molecular flexibility index (Phi) is 6.98. The van der Waals surface area contributed by atoms with Crippen molar-refractivity contribution in [2.75, 3.05) is 26.2 Å². The van der Waals surface area contributed by atoms with E-state index in [9.17, 15) is 14.4 Å². The van der Waals surface area contributed by atoms with Crippen LogP contribution < -0.4 is 5.32 Å². The normalized spacial score (nSPS) is 20.7. The summed E-state index contributed by atoms with van der Waals surface area (Å²) < 4.78 is 6.24. The van der Waals surface area contributed by atoms with Crippen molar-refractivity contribution in [3.05, 3.63) is 35.4 Å². The van der Waals surface area contributed by atoms with Crippen molar-refractivity contribution in [3.63, 3.8) is 0 Å². The van der Waals surface area contributed by atoms with Gasteiger partial charge in [0.1, 0.15) is 11.8 Å². The number of hydrogen-bond acceptors (Lipinski definition) is 4. The molecule has 7 heteroatoms. The molecule has 7 nitrogen and oxygen atoms in total. The summed E-state index contributed by atoms with van der Waals surface area (Å²) in [6.07, 6.45) is 0.973. The van der Waals surface area contributed by atoms with E-state index in [0.29, 0.717) is 44.0 Å². The van der Waals surface area contributed by atoms with E-state index < -0.39 is 17.2 Å². The first-order valence-electron chi connectivity index (χ1n) is 11.6. The number of piperidine rings is 1. The summed E-state index contributed by atoms with van der Waals surface area (Å²) in [5.74, 6) is 0.0161. The Labute approximate surface area is 191 Å². The van der Waals surface area contributed by atoms with Gasteiger partial charge < -0.3 is 15.0 Å². The van der Waals surface area contributed by atoms with Gasteiger partial charge >= 0.3 is 0 Å². The lowest BCUT2D eigenvalue weighted by Gasteiger charge is -2.45. The molecule has 2 saturated heterocycles. The van der Waals surface area contributed by atoms with E-state index in [-0.39, 0.29) is 24.3 Å². The van der Waals surface area contributed by atoms with Gasteiger partial charge in [0.15, 0.2) is 0 Å². The van der Waals surface area contributed by atoms with Crippen molar-refractivity contribution in [2.45, 2.75) is 66.2 Å². The second-order valence-electron chi connectivity index (χ2n) is 10.4. The first-order valence-corrected chi connectivity index (χ1v) is 11.6. The Morgan fingerprint density at radius 2 is 1.78 bits per heavy atom. The minimum Gasteiger partial charge on any atom is -0.354 e. The topological polar surface area (TPSA) is 79.0 Å². The van der Waals surface area contributed by atoms with E-state index in [1.807, 2.05) is 64.6 Å². The molecular formula is C25H37N3O4. The third-order valence-electron chi connectivity index (χ3n) is 6.32. The van der Waals surface area contributed by atoms with Gasteiger partial charge in [-0.25, -0.2) is 0 Å². The van der Waals surface area contributed by atoms with Crippen LogP contribution in [-0.4, -0.2) is 65.5 Å². The van der Waals surface area contributed by atoms with E-state index >= 15 is 0 Å². The molecule has 1 unspecified atom stereocenters. The average molecular weight is 444 g/mol. The predicted molar refractivity (Wildman–Crippen MR) is 123 cm³/mol. The minimum absolute atomic E-state index is 0.0911. The van der Waals surface area contributed by atoms with Crippen LogP contribution >= 0.6 is 0 Å². The average Bonchev–Trinajstić information content (AvgIpc) is 3.10. The number of benzene rings is 1. The molecule has 3 rings (SSSR count). The molecule has 2 fully saturated rings. The number of nitrogens with one attached hydrogen (secondary N) is 1. The molecule has 176 valence electrons. The largest absolute Gasteiger partial charge is 0.354 e. The number of hydrogen-bond donors (Lipinski definition) is 1. The number of nitrogens with zero attached hydrogens (tertiary/aromatic N) is 2. The number of carbonyl (C=O) groups is 3. The first-order chi connectivity index (χ1) is 15.0. The molecule has 0 saturated carbocycles. The number of likely N-dealkylation sites (tertiary alicyclic amines) is 1. The van der Waals surface area contributed by atoms with E-state index in [1.165, 1.54) is 0 Å². The maximum atomic E-state index is 13.8. The number of carbonyl (C=O) groups excluding carboxylic acids is 3. The Morgan fingerprint density at radius 1 is 1.16 bits per heavy atom. The Bertz CT molecular complexity index is 866. The molecular weight excluding hydrogens is 406 g/mol. The van der Waals surface area contributed by atoms with Gasteiger partial charge in [0, 0.05) is 43.5 Å². The third kappa shape index (κ3) is 4.82. The van der Waals surface area contributed by atoms with E-state index in [2.05, 4.69) is 5.32 Å². The summed E-state index contributed by atoms with van der Waals surface area (Å²) >= 11 is 0. The first kappa shape index (κ1) is 24.2. The summed E-state index contributed by atoms with van der Waals surface area (Å²) in [4.78, 5) is 43.1. The maximum absolute atomic E-state index is 13.8. The lowest BCUT2D eigenvalue weighted by molar-refractivity contribution is -0.150. The molecule has 1 spiro atoms. The van der Waals surface area contributed by atoms with Crippen LogP contribution in [0, 0.1) is 18.3 Å². The molecule has 0 aliphatic carbocycles. The Balaban J connectivity index is 1.88. The van der Waals surface area contributed by atoms with E-state index in [1.54, 1.807) is 11.0 Å². The summed E-state index contributed by atoms with van der Waals surface area (Å²) in [5.41, 5.74) is 0.0960. The van der Waals surface area contributed by atoms with Crippen molar-refractivity contribution in [3.8, 4) is 0 Å². The van der Waals surface area contributed by atoms with Gasteiger partial charge in [0.25, 0.3) is 5.91 Å². The number of rotatable bonds is 4. The highest BCUT2D eigenvalue weighted by Gasteiger charge is 2.54. The van der Waals surface area contributed by atoms with Gasteiger partial charge in [0.2, 0.25) is 11.8 Å². The van der Waals surface area contributed by atoms with E-state index in [4.69, 9.17) is 4.74 Å². The standard InChI is InChI=1S/C25H37N3O4/c1-17(2)15-26-21(29)20-16-32-25(11-13-27(14-12-25)23(31)24(4,5)6)28(20)22(30)19-10-8-7-9-18(19)3/h7-10,17,20H,11-16H2,1-6H3,(H,26,29). The van der Waals surface area contributed by atoms with Crippen molar-refractivity contribution in [1.82, 2.24) is 15.1 Å². The molecule has 1 aromatic carbocycles. The van der Waals surface area contributed by atoms with Crippen LogP contribution in [0.15, 0.2) is 24.3 Å². The smallest absolute Gasteiger partial charge is 0.257 e. The second kappa shape index (κ2) is 9.22. The molecule has 2 aliphatic rings. The van der Waals surface area contributed by atoms with Gasteiger partial charge in [-0.15, -0.1) is 0 Å². The highest BCUT2D eigenvalue weighted by Crippen LogP contribution is 2.39. The van der Waals surface area contributed by atoms with Gasteiger partial charge in [-0.1, -0.05) is 52.8 Å². The van der Waals surface area contributed by atoms with Crippen molar-refractivity contribution in [2.24, 2.45) is 11.3 Å². The van der Waals surface area contributed by atoms with Crippen LogP contribution in [0.4, 0.5) is 0 Å². The summed E-state index contributed by atoms with van der Waals surface area (Å²) in [6.45, 7) is 13.4. The fraction of sp³-hybridized carbons (Fsp3) is 0.640. The number of aryl methyl sites for hydroxylation is 1. The molecule has 32 heavy (non-hydrogen) atoms. The molecule has 2 heterocycles. The van der Waals surface area contributed by atoms with Crippen LogP contribution in [0.25, 0.3) is 0 Å². The molecule has 0 radical (unpaired) electrons. The Morgan fingerprint density at radius 3 is 2.34 bits per heavy atom. The molecule has 0 aromatic heterocycles. The predicted octanol–water partition coefficient (Wildman–Crippen LogP) is 2.97. The lowest BCUT2D eigenvalue weighted by Crippen LogP contribution is -2.60. The zero-order valence-corrected chi connectivity index (χ0v) is 20.2. The van der Waals surface area contributed by atoms with Gasteiger partial charge in [-0.3, -0.25) is 19.3 Å². The van der Waals surface area contributed by atoms with Crippen molar-refractivity contribution >= 4 is 17.7 Å². The van der Waals surface area contributed by atoms with Crippen molar-refractivity contribution in [1.29, 1.82) is 0 Å². The lowest BCUT2D eigenvalue weighted by atomic mass is 9.91. The molecule has 1 atom stereocenters. The summed E-state index contributed by atoms with van der Waals surface area (Å²) in [6, 6.07) is 6.74. The van der Waals surface area contributed by atoms with Crippen LogP contribution in [0.5, 0.6) is 0 Å². The van der Waals surface area contributed by atoms with E-state index in [0.717, 1.165) is 5.56 Å². The van der Waals surface area contributed by atoms with Gasteiger partial charge in [-0.2, -0.15) is 0 Å². The van der Waals surface area contributed by atoms with Crippen molar-refractivity contribution < 1.29 is 19.1 Å². The summed E-state index contributed by atoms with van der Waals surface area (Å²) in [7, 11) is 0. The fourth-order valence-corrected chi connectivity index (χ4v) is 4.47. The summed E-state index contributed by atoms with van der Waals surface area (Å²) in [5, 5.41) is 2.97. The van der Waals surface area contributed by atoms with Crippen LogP contribution in [0.3, 0.4) is 0 Å². The highest BCUT2D eigenvalue weighted by atomic mass is 16.5. The Hall–Kier alpha value is -2.41. The second-order valence-corrected chi connectivity index (χ2v) is 10.4. The quantitative estimate of drug-likeness (QED) is 0.776. The fourth-order valence-electron chi connectivity index (χ4n) is 4.47. The zero-order valence-electron chi connectivity index (χ0n) is 20.2. The highest BCUT2D eigenvalue weighted by molar-refractivity contribution is 5.99. The molecule has 1 N–H and O–H groups in total. The van der Waals surface area contributed by atoms with Gasteiger partial charge in [0.05, 0.1) is 6.61 Å². The molecule has 1 aromatic rings. The van der Waals surface area contributed by atoms with Crippen LogP contribution in [0.2, 0.25) is 0 Å². The molecule has 3 amide bonds. The molecule has 2 aliphatic heterocycles. The zero-order chi connectivity index (χ0) is 23.7. The van der Waals surface area contributed by atoms with Crippen LogP contribution in [0.1, 0.15) is 63.4 Å². The molecule has 0 bridgehead atoms. The third-order valence-corrected chi connectivity index (χ3v) is 6.32. The van der Waals surface area contributed by atoms with Crippen LogP contribution in [-0.2, 0) is 14.3 Å². The SMILES string of the molecule is Cc1ccccc1C(=O)N1C(C(=O)NCC(C)C)COC12CCN(C(=O)C(C)(C)C)CC2. The maximum Gasteiger partial charge on any atom is 0.257 e. The van der Waals surface area contributed by atoms with Gasteiger partial charge in [-0.05, 0) is 24.5 Å². The monoisotopic (exact) mass is 443 g/mol.